The van der Waals surface area contributed by atoms with Crippen LogP contribution in [0.15, 0.2) is 53.9 Å². The highest BCUT2D eigenvalue weighted by atomic mass is 35.5. The number of nitrogens with two attached hydrogens (primary N) is 1. The van der Waals surface area contributed by atoms with Crippen molar-refractivity contribution in [2.75, 3.05) is 0 Å². The van der Waals surface area contributed by atoms with Crippen molar-refractivity contribution >= 4 is 11.6 Å². The number of fused-ring (bicyclic) bond motifs is 1. The molecule has 0 bridgehead atoms. The fourth-order valence-corrected chi connectivity index (χ4v) is 3.56. The minimum atomic E-state index is -1.08. The summed E-state index contributed by atoms with van der Waals surface area (Å²) in [6, 6.07) is 12.3. The summed E-state index contributed by atoms with van der Waals surface area (Å²) in [7, 11) is 0. The van der Waals surface area contributed by atoms with Gasteiger partial charge in [-0.15, -0.1) is 0 Å². The number of rotatable bonds is 2. The number of halogens is 3. The molecule has 1 atom stereocenters. The summed E-state index contributed by atoms with van der Waals surface area (Å²) >= 11 is 6.07. The molecule has 3 aromatic rings. The Bertz CT molecular complexity index is 1160. The van der Waals surface area contributed by atoms with Crippen LogP contribution in [0.4, 0.5) is 8.78 Å². The summed E-state index contributed by atoms with van der Waals surface area (Å²) in [4.78, 5) is 0. The van der Waals surface area contributed by atoms with Gasteiger partial charge in [-0.1, -0.05) is 23.7 Å². The summed E-state index contributed by atoms with van der Waals surface area (Å²) in [5.74, 6) is -2.70. The fourth-order valence-electron chi connectivity index (χ4n) is 3.37. The van der Waals surface area contributed by atoms with E-state index in [1.807, 2.05) is 6.07 Å². The first-order valence-electron chi connectivity index (χ1n) is 8.29. The van der Waals surface area contributed by atoms with Gasteiger partial charge in [0.05, 0.1) is 22.9 Å². The molecule has 5 nitrogen and oxygen atoms in total. The zero-order valence-corrected chi connectivity index (χ0v) is 15.3. The van der Waals surface area contributed by atoms with Crippen molar-refractivity contribution in [3.63, 3.8) is 0 Å². The molecule has 140 valence electrons. The van der Waals surface area contributed by atoms with Gasteiger partial charge < -0.3 is 10.5 Å². The first-order valence-corrected chi connectivity index (χ1v) is 8.67. The third-order valence-corrected chi connectivity index (χ3v) is 4.81. The van der Waals surface area contributed by atoms with Gasteiger partial charge in [-0.3, -0.25) is 0 Å². The van der Waals surface area contributed by atoms with Gasteiger partial charge in [0.1, 0.15) is 23.3 Å². The van der Waals surface area contributed by atoms with Gasteiger partial charge in [0.15, 0.2) is 0 Å². The molecule has 0 spiro atoms. The average molecular weight is 399 g/mol. The lowest BCUT2D eigenvalue weighted by Crippen LogP contribution is -2.23. The van der Waals surface area contributed by atoms with E-state index >= 15 is 0 Å². The van der Waals surface area contributed by atoms with Gasteiger partial charge in [-0.2, -0.15) is 10.4 Å². The molecule has 0 aliphatic carbocycles. The van der Waals surface area contributed by atoms with Gasteiger partial charge in [0.25, 0.3) is 0 Å². The normalized spacial score (nSPS) is 15.8. The average Bonchev–Trinajstić information content (AvgIpc) is 2.97. The molecule has 0 fully saturated rings. The van der Waals surface area contributed by atoms with E-state index in [1.54, 1.807) is 31.2 Å². The van der Waals surface area contributed by atoms with Crippen molar-refractivity contribution in [2.45, 2.75) is 12.8 Å². The van der Waals surface area contributed by atoms with Crippen LogP contribution >= 0.6 is 11.6 Å². The third-order valence-electron chi connectivity index (χ3n) is 4.57. The second kappa shape index (κ2) is 6.66. The highest BCUT2D eigenvalue weighted by Gasteiger charge is 2.38. The number of hydrogen-bond acceptors (Lipinski definition) is 4. The lowest BCUT2D eigenvalue weighted by molar-refractivity contribution is 0.365. The van der Waals surface area contributed by atoms with Gasteiger partial charge in [-0.05, 0) is 37.3 Å². The molecular weight excluding hydrogens is 386 g/mol. The van der Waals surface area contributed by atoms with E-state index < -0.39 is 17.6 Å². The lowest BCUT2D eigenvalue weighted by atomic mass is 9.83. The Labute approximate surface area is 164 Å². The minimum Gasteiger partial charge on any atom is -0.422 e. The molecule has 0 saturated heterocycles. The zero-order chi connectivity index (χ0) is 20.0. The highest BCUT2D eigenvalue weighted by molar-refractivity contribution is 6.30. The number of aromatic nitrogens is 2. The Hall–Kier alpha value is -3.37. The molecule has 2 heterocycles. The number of hydrogen-bond donors (Lipinski definition) is 1. The summed E-state index contributed by atoms with van der Waals surface area (Å²) in [6.07, 6.45) is 0. The fraction of sp³-hybridized carbons (Fsp3) is 0.100. The summed E-state index contributed by atoms with van der Waals surface area (Å²) in [5, 5.41) is 14.5. The Balaban J connectivity index is 2.02. The van der Waals surface area contributed by atoms with Crippen LogP contribution < -0.4 is 10.5 Å². The van der Waals surface area contributed by atoms with Crippen LogP contribution in [-0.4, -0.2) is 9.78 Å². The first kappa shape index (κ1) is 18.0. The molecular formula is C20H13ClF2N4O. The van der Waals surface area contributed by atoms with Crippen molar-refractivity contribution in [2.24, 2.45) is 5.73 Å². The van der Waals surface area contributed by atoms with Gasteiger partial charge >= 0.3 is 0 Å². The van der Waals surface area contributed by atoms with E-state index in [1.165, 1.54) is 10.7 Å². The molecule has 1 aliphatic heterocycles. The maximum atomic E-state index is 14.6. The van der Waals surface area contributed by atoms with Crippen LogP contribution in [0.3, 0.4) is 0 Å². The van der Waals surface area contributed by atoms with Crippen LogP contribution in [-0.2, 0) is 0 Å². The predicted octanol–water partition coefficient (Wildman–Crippen LogP) is 4.33. The molecule has 8 heteroatoms. The van der Waals surface area contributed by atoms with E-state index in [0.29, 0.717) is 22.0 Å². The zero-order valence-electron chi connectivity index (χ0n) is 14.6. The highest BCUT2D eigenvalue weighted by Crippen LogP contribution is 2.46. The number of aryl methyl sites for hydroxylation is 1. The van der Waals surface area contributed by atoms with Crippen molar-refractivity contribution < 1.29 is 13.5 Å². The maximum absolute atomic E-state index is 14.6. The summed E-state index contributed by atoms with van der Waals surface area (Å²) < 4.78 is 36.3. The molecule has 28 heavy (non-hydrogen) atoms. The molecule has 0 amide bonds. The van der Waals surface area contributed by atoms with Crippen LogP contribution in [0.2, 0.25) is 5.02 Å². The predicted molar refractivity (Wildman–Crippen MR) is 99.0 cm³/mol. The third kappa shape index (κ3) is 2.70. The summed E-state index contributed by atoms with van der Waals surface area (Å²) in [5.41, 5.74) is 6.98. The molecule has 1 aromatic heterocycles. The van der Waals surface area contributed by atoms with Crippen molar-refractivity contribution in [3.05, 3.63) is 87.4 Å². The number of benzene rings is 2. The van der Waals surface area contributed by atoms with Crippen LogP contribution in [0.25, 0.3) is 5.69 Å². The molecule has 0 saturated carbocycles. The number of nitriles is 1. The molecule has 0 radical (unpaired) electrons. The van der Waals surface area contributed by atoms with E-state index in [9.17, 15) is 14.0 Å². The smallest absolute Gasteiger partial charge is 0.229 e. The largest absolute Gasteiger partial charge is 0.422 e. The first-order chi connectivity index (χ1) is 13.4. The lowest BCUT2D eigenvalue weighted by Gasteiger charge is -2.25. The second-order valence-electron chi connectivity index (χ2n) is 6.26. The monoisotopic (exact) mass is 398 g/mol. The van der Waals surface area contributed by atoms with Crippen molar-refractivity contribution in [3.8, 4) is 17.6 Å². The van der Waals surface area contributed by atoms with E-state index in [0.717, 1.165) is 12.1 Å². The standard InChI is InChI=1S/C20H13ClF2N4O/c1-10-16-17(18-14(22)6-3-7-15(18)23)13(9-24)19(25)28-20(16)27(26-10)12-5-2-4-11(21)8-12/h2-8,17H,25H2,1H3. The quantitative estimate of drug-likeness (QED) is 0.697. The van der Waals surface area contributed by atoms with Crippen LogP contribution in [0.5, 0.6) is 5.88 Å². The molecule has 2 N–H and O–H groups in total. The maximum Gasteiger partial charge on any atom is 0.229 e. The Morgan fingerprint density at radius 2 is 1.86 bits per heavy atom. The van der Waals surface area contributed by atoms with E-state index in [-0.39, 0.29) is 22.9 Å². The topological polar surface area (TPSA) is 76.9 Å². The van der Waals surface area contributed by atoms with Crippen LogP contribution in [0.1, 0.15) is 22.7 Å². The minimum absolute atomic E-state index is 0.0785. The van der Waals surface area contributed by atoms with E-state index in [4.69, 9.17) is 22.1 Å². The number of nitrogens with zero attached hydrogens (tertiary/aromatic N) is 3. The number of allylic oxidation sites excluding steroid dienone is 1. The van der Waals surface area contributed by atoms with Crippen molar-refractivity contribution in [1.29, 1.82) is 5.26 Å². The van der Waals surface area contributed by atoms with E-state index in [2.05, 4.69) is 5.10 Å². The second-order valence-corrected chi connectivity index (χ2v) is 6.69. The van der Waals surface area contributed by atoms with Gasteiger partial charge in [0.2, 0.25) is 11.8 Å². The Kier molecular flexibility index (Phi) is 4.28. The Morgan fingerprint density at radius 1 is 1.18 bits per heavy atom. The SMILES string of the molecule is Cc1nn(-c2cccc(Cl)c2)c2c1C(c1c(F)cccc1F)C(C#N)=C(N)O2. The Morgan fingerprint density at radius 3 is 2.50 bits per heavy atom. The summed E-state index contributed by atoms with van der Waals surface area (Å²) in [6.45, 7) is 1.67. The van der Waals surface area contributed by atoms with Gasteiger partial charge in [0, 0.05) is 10.6 Å². The molecule has 4 rings (SSSR count). The molecule has 1 aliphatic rings. The van der Waals surface area contributed by atoms with Crippen LogP contribution in [0, 0.1) is 29.9 Å². The molecule has 1 unspecified atom stereocenters. The molecule has 2 aromatic carbocycles. The van der Waals surface area contributed by atoms with Crippen molar-refractivity contribution in [1.82, 2.24) is 9.78 Å². The number of ether oxygens (including phenoxy) is 1. The van der Waals surface area contributed by atoms with Gasteiger partial charge in [-0.25, -0.2) is 13.5 Å².